The molecule has 0 atom stereocenters. The van der Waals surface area contributed by atoms with Crippen LogP contribution in [0, 0.1) is 0 Å². The van der Waals surface area contributed by atoms with Crippen LogP contribution in [0.4, 0.5) is 0 Å². The number of allylic oxidation sites excluding steroid dienone is 2. The van der Waals surface area contributed by atoms with Gasteiger partial charge in [-0.1, -0.05) is 96.1 Å². The second-order valence-corrected chi connectivity index (χ2v) is 9.72. The fourth-order valence-corrected chi connectivity index (χ4v) is 4.50. The van der Waals surface area contributed by atoms with Gasteiger partial charge >= 0.3 is 17.9 Å². The lowest BCUT2D eigenvalue weighted by Crippen LogP contribution is -2.57. The molecule has 7 heteroatoms. The first-order valence-corrected chi connectivity index (χ1v) is 13.5. The molecular weight excluding hydrogens is 434 g/mol. The van der Waals surface area contributed by atoms with E-state index < -0.39 is 42.0 Å². The number of hydrogen-bond donors (Lipinski definition) is 3. The number of unbranched alkanes of at least 4 members (excludes halogenated alkanes) is 15. The Hall–Kier alpha value is -1.89. The SMILES string of the molecule is CCC/C=C/CCCCCCCCCCCCCCCC[N+](CC(=O)O)(CC(=O)O)CC(=O)O. The summed E-state index contributed by atoms with van der Waals surface area (Å²) in [5.74, 6) is -3.51. The molecule has 0 aromatic rings. The van der Waals surface area contributed by atoms with Crippen LogP contribution in [0.15, 0.2) is 12.2 Å². The first kappa shape index (κ1) is 32.1. The van der Waals surface area contributed by atoms with Crippen molar-refractivity contribution in [1.29, 1.82) is 0 Å². The molecule has 198 valence electrons. The maximum atomic E-state index is 11.2. The zero-order valence-corrected chi connectivity index (χ0v) is 21.5. The molecule has 0 saturated heterocycles. The third kappa shape index (κ3) is 20.7. The summed E-state index contributed by atoms with van der Waals surface area (Å²) in [5, 5.41) is 27.4. The highest BCUT2D eigenvalue weighted by Crippen LogP contribution is 2.15. The Morgan fingerprint density at radius 3 is 1.21 bits per heavy atom. The van der Waals surface area contributed by atoms with Crippen LogP contribution in [0.1, 0.15) is 116 Å². The molecule has 0 aliphatic carbocycles. The van der Waals surface area contributed by atoms with Crippen LogP contribution in [0.3, 0.4) is 0 Å². The van der Waals surface area contributed by atoms with Crippen molar-refractivity contribution in [1.82, 2.24) is 0 Å². The molecule has 0 radical (unpaired) electrons. The summed E-state index contributed by atoms with van der Waals surface area (Å²) in [5.41, 5.74) is 0. The molecule has 0 aliphatic rings. The maximum absolute atomic E-state index is 11.2. The summed E-state index contributed by atoms with van der Waals surface area (Å²) in [7, 11) is 0. The zero-order chi connectivity index (χ0) is 25.5. The molecule has 0 rings (SSSR count). The molecule has 7 nitrogen and oxygen atoms in total. The van der Waals surface area contributed by atoms with E-state index in [0.29, 0.717) is 6.42 Å². The lowest BCUT2D eigenvalue weighted by Gasteiger charge is -2.34. The van der Waals surface area contributed by atoms with Gasteiger partial charge in [-0.3, -0.25) is 4.48 Å². The molecule has 0 heterocycles. The first-order valence-electron chi connectivity index (χ1n) is 13.5. The number of hydrogen-bond acceptors (Lipinski definition) is 3. The van der Waals surface area contributed by atoms with Crippen molar-refractivity contribution < 1.29 is 34.2 Å². The second kappa shape index (κ2) is 21.6. The van der Waals surface area contributed by atoms with Crippen LogP contribution in [0.5, 0.6) is 0 Å². The molecule has 0 saturated carbocycles. The van der Waals surface area contributed by atoms with E-state index in [1.807, 2.05) is 0 Å². The van der Waals surface area contributed by atoms with Gasteiger partial charge in [0.05, 0.1) is 6.54 Å². The summed E-state index contributed by atoms with van der Waals surface area (Å²) >= 11 is 0. The van der Waals surface area contributed by atoms with Gasteiger partial charge in [-0.15, -0.1) is 0 Å². The van der Waals surface area contributed by atoms with E-state index in [0.717, 1.165) is 19.3 Å². The van der Waals surface area contributed by atoms with E-state index in [-0.39, 0.29) is 6.54 Å². The van der Waals surface area contributed by atoms with E-state index in [4.69, 9.17) is 15.3 Å². The summed E-state index contributed by atoms with van der Waals surface area (Å²) in [6.07, 6.45) is 25.0. The van der Waals surface area contributed by atoms with Crippen LogP contribution < -0.4 is 0 Å². The van der Waals surface area contributed by atoms with Crippen molar-refractivity contribution in [3.63, 3.8) is 0 Å². The number of carbonyl (C=O) groups is 3. The molecule has 0 aromatic heterocycles. The quantitative estimate of drug-likeness (QED) is 0.0800. The standard InChI is InChI=1S/C27H49NO6/c1-2-3-4-5-6-7-8-9-10-11-12-13-14-15-16-17-18-19-20-21-28(22-25(29)30,23-26(31)32)24-27(33)34/h4-5H,2-3,6-24H2,1H3,(H2-,29,30,31,32,33,34)/p+1/b5-4+. The smallest absolute Gasteiger partial charge is 0.359 e. The van der Waals surface area contributed by atoms with Gasteiger partial charge in [-0.05, 0) is 32.1 Å². The average Bonchev–Trinajstić information content (AvgIpc) is 2.73. The van der Waals surface area contributed by atoms with Gasteiger partial charge in [0.15, 0.2) is 19.6 Å². The topological polar surface area (TPSA) is 112 Å². The predicted molar refractivity (Wildman–Crippen MR) is 136 cm³/mol. The molecule has 0 unspecified atom stereocenters. The number of carboxylic acids is 3. The van der Waals surface area contributed by atoms with Crippen LogP contribution >= 0.6 is 0 Å². The predicted octanol–water partition coefficient (Wildman–Crippen LogP) is 6.26. The molecular formula is C27H50NO6+. The lowest BCUT2D eigenvalue weighted by molar-refractivity contribution is -0.907. The number of nitrogens with zero attached hydrogens (tertiary/aromatic N) is 1. The van der Waals surface area contributed by atoms with Crippen molar-refractivity contribution in [2.75, 3.05) is 26.2 Å². The highest BCUT2D eigenvalue weighted by molar-refractivity contribution is 5.73. The Morgan fingerprint density at radius 1 is 0.529 bits per heavy atom. The van der Waals surface area contributed by atoms with E-state index in [2.05, 4.69) is 19.1 Å². The lowest BCUT2D eigenvalue weighted by atomic mass is 10.0. The second-order valence-electron chi connectivity index (χ2n) is 9.72. The Labute approximate surface area is 206 Å². The molecule has 0 aromatic carbocycles. The van der Waals surface area contributed by atoms with E-state index in [1.165, 1.54) is 83.5 Å². The van der Waals surface area contributed by atoms with Crippen molar-refractivity contribution in [2.45, 2.75) is 116 Å². The molecule has 3 N–H and O–H groups in total. The van der Waals surface area contributed by atoms with E-state index >= 15 is 0 Å². The van der Waals surface area contributed by atoms with Gasteiger partial charge in [-0.25, -0.2) is 14.4 Å². The van der Waals surface area contributed by atoms with E-state index in [9.17, 15) is 14.4 Å². The number of quaternary nitrogens is 1. The van der Waals surface area contributed by atoms with Crippen LogP contribution in [0.25, 0.3) is 0 Å². The van der Waals surface area contributed by atoms with Crippen LogP contribution in [0.2, 0.25) is 0 Å². The first-order chi connectivity index (χ1) is 16.3. The van der Waals surface area contributed by atoms with Gasteiger partial charge < -0.3 is 15.3 Å². The molecule has 34 heavy (non-hydrogen) atoms. The maximum Gasteiger partial charge on any atom is 0.359 e. The van der Waals surface area contributed by atoms with Gasteiger partial charge in [0.2, 0.25) is 0 Å². The number of rotatable bonds is 25. The highest BCUT2D eigenvalue weighted by Gasteiger charge is 2.35. The minimum absolute atomic E-state index is 0.264. The molecule has 0 fully saturated rings. The summed E-state index contributed by atoms with van der Waals surface area (Å²) in [6, 6.07) is 0. The Balaban J connectivity index is 3.72. The minimum atomic E-state index is -1.17. The average molecular weight is 485 g/mol. The summed E-state index contributed by atoms with van der Waals surface area (Å²) in [6.45, 7) is 1.04. The Kier molecular flexibility index (Phi) is 20.4. The third-order valence-electron chi connectivity index (χ3n) is 6.29. The summed E-state index contributed by atoms with van der Waals surface area (Å²) < 4.78 is -0.435. The molecule has 0 spiro atoms. The van der Waals surface area contributed by atoms with E-state index in [1.54, 1.807) is 0 Å². The van der Waals surface area contributed by atoms with Gasteiger partial charge in [0, 0.05) is 0 Å². The van der Waals surface area contributed by atoms with Gasteiger partial charge in [0.25, 0.3) is 0 Å². The molecule has 0 bridgehead atoms. The largest absolute Gasteiger partial charge is 0.477 e. The highest BCUT2D eigenvalue weighted by atomic mass is 16.4. The van der Waals surface area contributed by atoms with Gasteiger partial charge in [-0.2, -0.15) is 0 Å². The van der Waals surface area contributed by atoms with Crippen molar-refractivity contribution in [3.8, 4) is 0 Å². The molecule has 0 amide bonds. The van der Waals surface area contributed by atoms with Crippen molar-refractivity contribution >= 4 is 17.9 Å². The fraction of sp³-hybridized carbons (Fsp3) is 0.815. The van der Waals surface area contributed by atoms with Crippen molar-refractivity contribution in [3.05, 3.63) is 12.2 Å². The number of carboxylic acid groups (broad SMARTS) is 3. The number of aliphatic carboxylic acids is 3. The zero-order valence-electron chi connectivity index (χ0n) is 21.5. The van der Waals surface area contributed by atoms with Crippen LogP contribution in [-0.2, 0) is 14.4 Å². The Bertz CT molecular complexity index is 535. The van der Waals surface area contributed by atoms with Crippen LogP contribution in [-0.4, -0.2) is 63.9 Å². The minimum Gasteiger partial charge on any atom is -0.477 e. The fourth-order valence-electron chi connectivity index (χ4n) is 4.50. The summed E-state index contributed by atoms with van der Waals surface area (Å²) in [4.78, 5) is 33.5. The van der Waals surface area contributed by atoms with Crippen molar-refractivity contribution in [2.24, 2.45) is 0 Å². The third-order valence-corrected chi connectivity index (χ3v) is 6.29. The normalized spacial score (nSPS) is 11.8. The monoisotopic (exact) mass is 484 g/mol. The Morgan fingerprint density at radius 2 is 0.853 bits per heavy atom. The van der Waals surface area contributed by atoms with Gasteiger partial charge in [0.1, 0.15) is 0 Å². The molecule has 0 aliphatic heterocycles.